The summed E-state index contributed by atoms with van der Waals surface area (Å²) >= 11 is 0. The van der Waals surface area contributed by atoms with E-state index in [1.807, 2.05) is 0 Å². The van der Waals surface area contributed by atoms with Crippen molar-refractivity contribution in [3.63, 3.8) is 0 Å². The van der Waals surface area contributed by atoms with Gasteiger partial charge in [-0.15, -0.1) is 0 Å². The molecule has 0 atom stereocenters. The zero-order chi connectivity index (χ0) is 10.9. The first-order valence-corrected chi connectivity index (χ1v) is 5.40. The van der Waals surface area contributed by atoms with Crippen LogP contribution in [0.5, 0.6) is 0 Å². The third-order valence-electron chi connectivity index (χ3n) is 1.09. The van der Waals surface area contributed by atoms with Crippen molar-refractivity contribution in [2.24, 2.45) is 5.73 Å². The first-order valence-electron chi connectivity index (χ1n) is 4.03. The van der Waals surface area contributed by atoms with Crippen molar-refractivity contribution in [2.75, 3.05) is 39.6 Å². The second-order valence-electron chi connectivity index (χ2n) is 2.26. The normalized spacial score (nSPS) is 11.9. The molecule has 0 fully saturated rings. The van der Waals surface area contributed by atoms with E-state index in [-0.39, 0.29) is 13.2 Å². The van der Waals surface area contributed by atoms with Gasteiger partial charge in [0.1, 0.15) is 0 Å². The fourth-order valence-corrected chi connectivity index (χ4v) is 0.882. The van der Waals surface area contributed by atoms with Crippen LogP contribution in [-0.4, -0.2) is 52.5 Å². The van der Waals surface area contributed by atoms with Crippen LogP contribution in [0.2, 0.25) is 0 Å². The highest BCUT2D eigenvalue weighted by atomic mass is 32.3. The van der Waals surface area contributed by atoms with Crippen LogP contribution in [0, 0.1) is 0 Å². The van der Waals surface area contributed by atoms with Gasteiger partial charge in [-0.3, -0.25) is 4.55 Å². The Kier molecular flexibility index (Phi) is 7.95. The van der Waals surface area contributed by atoms with E-state index in [0.717, 1.165) is 0 Å². The molecule has 0 aromatic rings. The van der Waals surface area contributed by atoms with Crippen molar-refractivity contribution >= 4 is 10.4 Å². The van der Waals surface area contributed by atoms with Crippen LogP contribution in [0.15, 0.2) is 0 Å². The Hall–Kier alpha value is -0.250. The van der Waals surface area contributed by atoms with Crippen molar-refractivity contribution in [1.82, 2.24) is 0 Å². The maximum absolute atomic E-state index is 10.0. The topological polar surface area (TPSA) is 108 Å². The summed E-state index contributed by atoms with van der Waals surface area (Å²) in [7, 11) is -4.35. The molecule has 0 saturated heterocycles. The summed E-state index contributed by atoms with van der Waals surface area (Å²) in [5.74, 6) is 0. The van der Waals surface area contributed by atoms with Crippen LogP contribution in [0.1, 0.15) is 0 Å². The lowest BCUT2D eigenvalue weighted by molar-refractivity contribution is 0.0381. The van der Waals surface area contributed by atoms with Crippen molar-refractivity contribution in [2.45, 2.75) is 0 Å². The van der Waals surface area contributed by atoms with Crippen molar-refractivity contribution in [3.05, 3.63) is 0 Å². The maximum atomic E-state index is 10.0. The standard InChI is InChI=1S/C6H15NO6S/c7-1-2-11-3-4-12-5-6-13-14(8,9)10/h1-7H2,(H,8,9,10). The van der Waals surface area contributed by atoms with E-state index in [2.05, 4.69) is 4.18 Å². The minimum atomic E-state index is -4.35. The Labute approximate surface area is 83.1 Å². The molecule has 0 saturated carbocycles. The van der Waals surface area contributed by atoms with Crippen molar-refractivity contribution in [3.8, 4) is 0 Å². The van der Waals surface area contributed by atoms with Crippen LogP contribution in [0.4, 0.5) is 0 Å². The van der Waals surface area contributed by atoms with Gasteiger partial charge in [-0.25, -0.2) is 4.18 Å². The average Bonchev–Trinajstić information content (AvgIpc) is 2.08. The maximum Gasteiger partial charge on any atom is 0.397 e. The molecule has 0 aromatic heterocycles. The molecule has 0 heterocycles. The summed E-state index contributed by atoms with van der Waals surface area (Å²) in [5.41, 5.74) is 5.16. The molecule has 7 nitrogen and oxygen atoms in total. The Balaban J connectivity index is 3.07. The molecule has 0 aliphatic carbocycles. The Morgan fingerprint density at radius 2 is 1.50 bits per heavy atom. The van der Waals surface area contributed by atoms with Gasteiger partial charge >= 0.3 is 10.4 Å². The first-order chi connectivity index (χ1) is 6.56. The van der Waals surface area contributed by atoms with Crippen molar-refractivity contribution < 1.29 is 26.6 Å². The molecule has 0 spiro atoms. The van der Waals surface area contributed by atoms with Gasteiger partial charge in [-0.2, -0.15) is 8.42 Å². The van der Waals surface area contributed by atoms with Crippen LogP contribution >= 0.6 is 0 Å². The monoisotopic (exact) mass is 229 g/mol. The molecule has 0 radical (unpaired) electrons. The molecule has 0 amide bonds. The van der Waals surface area contributed by atoms with E-state index in [0.29, 0.717) is 26.4 Å². The van der Waals surface area contributed by atoms with Gasteiger partial charge < -0.3 is 15.2 Å². The highest BCUT2D eigenvalue weighted by molar-refractivity contribution is 7.80. The second kappa shape index (κ2) is 8.09. The molecule has 0 rings (SSSR count). The Morgan fingerprint density at radius 1 is 1.00 bits per heavy atom. The third-order valence-corrected chi connectivity index (χ3v) is 1.56. The van der Waals surface area contributed by atoms with Crippen LogP contribution in [0.25, 0.3) is 0 Å². The molecule has 0 aliphatic rings. The van der Waals surface area contributed by atoms with Gasteiger partial charge in [-0.1, -0.05) is 0 Å². The largest absolute Gasteiger partial charge is 0.397 e. The lowest BCUT2D eigenvalue weighted by atomic mass is 10.7. The highest BCUT2D eigenvalue weighted by Crippen LogP contribution is 1.86. The molecule has 0 aliphatic heterocycles. The molecule has 3 N–H and O–H groups in total. The summed E-state index contributed by atoms with van der Waals surface area (Å²) in [6.07, 6.45) is 0. The van der Waals surface area contributed by atoms with Gasteiger partial charge in [0.05, 0.1) is 33.0 Å². The van der Waals surface area contributed by atoms with Gasteiger partial charge in [0.2, 0.25) is 0 Å². The predicted molar refractivity (Wildman–Crippen MR) is 48.2 cm³/mol. The summed E-state index contributed by atoms with van der Waals surface area (Å²) < 4.78 is 42.1. The summed E-state index contributed by atoms with van der Waals surface area (Å²) in [4.78, 5) is 0. The minimum Gasteiger partial charge on any atom is -0.378 e. The van der Waals surface area contributed by atoms with E-state index < -0.39 is 10.4 Å². The number of nitrogens with two attached hydrogens (primary N) is 1. The molecular formula is C6H15NO6S. The lowest BCUT2D eigenvalue weighted by Gasteiger charge is -2.04. The third kappa shape index (κ3) is 11.8. The minimum absolute atomic E-state index is 0.0752. The zero-order valence-electron chi connectivity index (χ0n) is 7.72. The van der Waals surface area contributed by atoms with E-state index in [1.165, 1.54) is 0 Å². The fourth-order valence-electron chi connectivity index (χ4n) is 0.604. The summed E-state index contributed by atoms with van der Waals surface area (Å²) in [6, 6.07) is 0. The first kappa shape index (κ1) is 13.8. The van der Waals surface area contributed by atoms with Crippen LogP contribution in [-0.2, 0) is 24.1 Å². The van der Waals surface area contributed by atoms with E-state index in [4.69, 9.17) is 19.8 Å². The van der Waals surface area contributed by atoms with Crippen LogP contribution in [0.3, 0.4) is 0 Å². The van der Waals surface area contributed by atoms with Gasteiger partial charge in [0.25, 0.3) is 0 Å². The lowest BCUT2D eigenvalue weighted by Crippen LogP contribution is -2.14. The SMILES string of the molecule is NCCOCCOCCOS(=O)(=O)O. The van der Waals surface area contributed by atoms with E-state index >= 15 is 0 Å². The quantitative estimate of drug-likeness (QED) is 0.377. The number of hydrogen-bond donors (Lipinski definition) is 2. The smallest absolute Gasteiger partial charge is 0.378 e. The number of ether oxygens (including phenoxy) is 2. The van der Waals surface area contributed by atoms with Gasteiger partial charge in [-0.05, 0) is 0 Å². The highest BCUT2D eigenvalue weighted by Gasteiger charge is 2.02. The Bertz CT molecular complexity index is 216. The number of hydrogen-bond acceptors (Lipinski definition) is 6. The average molecular weight is 229 g/mol. The molecular weight excluding hydrogens is 214 g/mol. The van der Waals surface area contributed by atoms with Crippen molar-refractivity contribution in [1.29, 1.82) is 0 Å². The zero-order valence-corrected chi connectivity index (χ0v) is 8.53. The molecule has 8 heteroatoms. The molecule has 0 unspecified atom stereocenters. The van der Waals surface area contributed by atoms with E-state index in [9.17, 15) is 8.42 Å². The van der Waals surface area contributed by atoms with Crippen LogP contribution < -0.4 is 5.73 Å². The molecule has 0 aromatic carbocycles. The predicted octanol–water partition coefficient (Wildman–Crippen LogP) is -1.20. The fraction of sp³-hybridized carbons (Fsp3) is 1.00. The van der Waals surface area contributed by atoms with E-state index in [1.54, 1.807) is 0 Å². The Morgan fingerprint density at radius 3 is 2.00 bits per heavy atom. The summed E-state index contributed by atoms with van der Waals surface area (Å²) in [5, 5.41) is 0. The summed E-state index contributed by atoms with van der Waals surface area (Å²) in [6.45, 7) is 1.50. The molecule has 86 valence electrons. The molecule has 14 heavy (non-hydrogen) atoms. The molecule has 0 bridgehead atoms. The van der Waals surface area contributed by atoms with Gasteiger partial charge in [0, 0.05) is 6.54 Å². The second-order valence-corrected chi connectivity index (χ2v) is 3.35. The number of rotatable bonds is 9. The van der Waals surface area contributed by atoms with Gasteiger partial charge in [0.15, 0.2) is 0 Å².